The fourth-order valence-electron chi connectivity index (χ4n) is 1.52. The molecule has 0 spiro atoms. The molecule has 0 radical (unpaired) electrons. The summed E-state index contributed by atoms with van der Waals surface area (Å²) in [5, 5.41) is 0. The fraction of sp³-hybridized carbons (Fsp3) is 0.500. The molecule has 0 unspecified atom stereocenters. The van der Waals surface area contributed by atoms with Crippen LogP contribution in [0.3, 0.4) is 0 Å². The molecule has 0 atom stereocenters. The molecule has 80 valence electrons. The van der Waals surface area contributed by atoms with Gasteiger partial charge in [0.1, 0.15) is 0 Å². The van der Waals surface area contributed by atoms with E-state index in [-0.39, 0.29) is 0 Å². The maximum Gasteiger partial charge on any atom is 0.0317 e. The van der Waals surface area contributed by atoms with Crippen LogP contribution < -0.4 is 5.73 Å². The second-order valence-corrected chi connectivity index (χ2v) is 4.31. The molecule has 0 fully saturated rings. The van der Waals surface area contributed by atoms with E-state index in [0.717, 1.165) is 28.9 Å². The fourth-order valence-corrected chi connectivity index (χ4v) is 1.63. The quantitative estimate of drug-likeness (QED) is 0.537. The number of hydrogen-bond donors (Lipinski definition) is 2. The molecule has 0 aromatic carbocycles. The first kappa shape index (κ1) is 13.4. The van der Waals surface area contributed by atoms with Crippen molar-refractivity contribution < 1.29 is 0 Å². The maximum absolute atomic E-state index is 5.79. The third kappa shape index (κ3) is 3.62. The lowest BCUT2D eigenvalue weighted by Crippen LogP contribution is -2.04. The summed E-state index contributed by atoms with van der Waals surface area (Å²) in [6.07, 6.45) is 2.19. The first-order valence-electron chi connectivity index (χ1n) is 4.93. The van der Waals surface area contributed by atoms with Crippen molar-refractivity contribution in [3.63, 3.8) is 0 Å². The van der Waals surface area contributed by atoms with E-state index in [4.69, 9.17) is 5.73 Å². The second-order valence-electron chi connectivity index (χ2n) is 3.64. The minimum absolute atomic E-state index is 0.641. The van der Waals surface area contributed by atoms with Crippen LogP contribution in [0.1, 0.15) is 40.5 Å². The van der Waals surface area contributed by atoms with Crippen molar-refractivity contribution >= 4 is 12.6 Å². The minimum Gasteiger partial charge on any atom is -0.399 e. The van der Waals surface area contributed by atoms with Crippen molar-refractivity contribution in [2.24, 2.45) is 5.73 Å². The van der Waals surface area contributed by atoms with E-state index in [0.29, 0.717) is 5.70 Å². The Bertz CT molecular complexity index is 281. The highest BCUT2D eigenvalue weighted by Gasteiger charge is 2.07. The molecule has 14 heavy (non-hydrogen) atoms. The van der Waals surface area contributed by atoms with Gasteiger partial charge in [0.2, 0.25) is 0 Å². The van der Waals surface area contributed by atoms with E-state index >= 15 is 0 Å². The lowest BCUT2D eigenvalue weighted by atomic mass is 9.97. The molecule has 1 nitrogen and oxygen atoms in total. The monoisotopic (exact) mass is 211 g/mol. The van der Waals surface area contributed by atoms with Gasteiger partial charge in [-0.3, -0.25) is 0 Å². The van der Waals surface area contributed by atoms with Crippen molar-refractivity contribution in [3.8, 4) is 0 Å². The number of rotatable bonds is 4. The van der Waals surface area contributed by atoms with Gasteiger partial charge >= 0.3 is 0 Å². The summed E-state index contributed by atoms with van der Waals surface area (Å²) >= 11 is 4.34. The zero-order valence-electron chi connectivity index (χ0n) is 9.65. The summed E-state index contributed by atoms with van der Waals surface area (Å²) in [6, 6.07) is 0. The Morgan fingerprint density at radius 2 is 1.79 bits per heavy atom. The zero-order valence-corrected chi connectivity index (χ0v) is 10.5. The summed E-state index contributed by atoms with van der Waals surface area (Å²) in [4.78, 5) is 1.00. The van der Waals surface area contributed by atoms with Crippen LogP contribution in [0.5, 0.6) is 0 Å². The molecule has 0 heterocycles. The van der Waals surface area contributed by atoms with E-state index in [9.17, 15) is 0 Å². The van der Waals surface area contributed by atoms with Crippen LogP contribution in [0, 0.1) is 0 Å². The topological polar surface area (TPSA) is 26.0 Å². The lowest BCUT2D eigenvalue weighted by molar-refractivity contribution is 0.892. The minimum atomic E-state index is 0.641. The first-order valence-corrected chi connectivity index (χ1v) is 5.37. The molecule has 0 bridgehead atoms. The Balaban J connectivity index is 5.26. The Morgan fingerprint density at radius 1 is 1.29 bits per heavy atom. The average molecular weight is 211 g/mol. The van der Waals surface area contributed by atoms with Gasteiger partial charge in [-0.05, 0) is 43.2 Å². The van der Waals surface area contributed by atoms with Gasteiger partial charge in [-0.25, -0.2) is 0 Å². The standard InChI is InChI=1S/C12H21NS/c1-6-7-8(2)12(10(4)13)9(3)11(5)14/h14H,4,6-7,13H2,1-3,5H3/b11-9-,12-8-. The lowest BCUT2D eigenvalue weighted by Gasteiger charge is -2.13. The van der Waals surface area contributed by atoms with Crippen molar-refractivity contribution in [3.05, 3.63) is 33.9 Å². The molecule has 2 heteroatoms. The van der Waals surface area contributed by atoms with Gasteiger partial charge in [-0.1, -0.05) is 25.5 Å². The number of thiol groups is 1. The van der Waals surface area contributed by atoms with Gasteiger partial charge in [0.25, 0.3) is 0 Å². The van der Waals surface area contributed by atoms with Crippen molar-refractivity contribution in [1.82, 2.24) is 0 Å². The average Bonchev–Trinajstić information content (AvgIpc) is 2.03. The van der Waals surface area contributed by atoms with Crippen LogP contribution in [0.15, 0.2) is 33.9 Å². The molecular weight excluding hydrogens is 190 g/mol. The first-order chi connectivity index (χ1) is 6.41. The summed E-state index contributed by atoms with van der Waals surface area (Å²) in [6.45, 7) is 12.1. The molecule has 0 amide bonds. The summed E-state index contributed by atoms with van der Waals surface area (Å²) in [5.74, 6) is 0. The van der Waals surface area contributed by atoms with Gasteiger partial charge in [0, 0.05) is 5.70 Å². The highest BCUT2D eigenvalue weighted by atomic mass is 32.1. The Kier molecular flexibility index (Phi) is 5.70. The van der Waals surface area contributed by atoms with Crippen molar-refractivity contribution in [2.45, 2.75) is 40.5 Å². The third-order valence-electron chi connectivity index (χ3n) is 2.29. The highest BCUT2D eigenvalue weighted by molar-refractivity contribution is 7.84. The SMILES string of the molecule is C=C(N)C(=C(/C)CCC)/C(C)=C(/C)S. The van der Waals surface area contributed by atoms with E-state index in [1.165, 1.54) is 5.57 Å². The van der Waals surface area contributed by atoms with Crippen LogP contribution in [-0.2, 0) is 0 Å². The van der Waals surface area contributed by atoms with Crippen LogP contribution in [0.25, 0.3) is 0 Å². The molecular formula is C12H21NS. The molecule has 0 aliphatic heterocycles. The van der Waals surface area contributed by atoms with Crippen LogP contribution in [0.2, 0.25) is 0 Å². The van der Waals surface area contributed by atoms with Gasteiger partial charge in [-0.15, -0.1) is 12.6 Å². The molecule has 0 aliphatic rings. The predicted molar refractivity (Wildman–Crippen MR) is 68.3 cm³/mol. The molecule has 0 rings (SSSR count). The molecule has 0 saturated heterocycles. The van der Waals surface area contributed by atoms with E-state index in [1.807, 2.05) is 13.8 Å². The molecule has 0 aromatic rings. The number of hydrogen-bond acceptors (Lipinski definition) is 2. The van der Waals surface area contributed by atoms with E-state index < -0.39 is 0 Å². The van der Waals surface area contributed by atoms with E-state index in [1.54, 1.807) is 0 Å². The number of nitrogens with two attached hydrogens (primary N) is 1. The smallest absolute Gasteiger partial charge is 0.0317 e. The van der Waals surface area contributed by atoms with Crippen molar-refractivity contribution in [1.29, 1.82) is 0 Å². The normalized spacial score (nSPS) is 14.6. The van der Waals surface area contributed by atoms with Gasteiger partial charge < -0.3 is 5.73 Å². The summed E-state index contributed by atoms with van der Waals surface area (Å²) < 4.78 is 0. The number of allylic oxidation sites excluding steroid dienone is 3. The summed E-state index contributed by atoms with van der Waals surface area (Å²) in [7, 11) is 0. The van der Waals surface area contributed by atoms with Crippen LogP contribution in [0.4, 0.5) is 0 Å². The third-order valence-corrected chi connectivity index (χ3v) is 2.63. The van der Waals surface area contributed by atoms with Crippen molar-refractivity contribution in [2.75, 3.05) is 0 Å². The Hall–Kier alpha value is -0.630. The summed E-state index contributed by atoms with van der Waals surface area (Å²) in [5.41, 5.74) is 9.94. The molecule has 0 aliphatic carbocycles. The Morgan fingerprint density at radius 3 is 2.07 bits per heavy atom. The Labute approximate surface area is 93.2 Å². The highest BCUT2D eigenvalue weighted by Crippen LogP contribution is 2.25. The molecule has 2 N–H and O–H groups in total. The molecule has 0 saturated carbocycles. The van der Waals surface area contributed by atoms with Gasteiger partial charge in [0.15, 0.2) is 0 Å². The van der Waals surface area contributed by atoms with E-state index in [2.05, 4.69) is 33.1 Å². The second kappa shape index (κ2) is 5.97. The van der Waals surface area contributed by atoms with Gasteiger partial charge in [-0.2, -0.15) is 0 Å². The molecule has 0 aromatic heterocycles. The maximum atomic E-state index is 5.79. The van der Waals surface area contributed by atoms with Crippen LogP contribution >= 0.6 is 12.6 Å². The predicted octanol–water partition coefficient (Wildman–Crippen LogP) is 3.80. The zero-order chi connectivity index (χ0) is 11.3. The van der Waals surface area contributed by atoms with Crippen LogP contribution in [-0.4, -0.2) is 0 Å². The van der Waals surface area contributed by atoms with Gasteiger partial charge in [0.05, 0.1) is 0 Å². The largest absolute Gasteiger partial charge is 0.399 e.